The molecular formula is C22H22ClN5O2. The maximum Gasteiger partial charge on any atom is 0.255 e. The summed E-state index contributed by atoms with van der Waals surface area (Å²) in [5.41, 5.74) is 2.97. The van der Waals surface area contributed by atoms with Crippen LogP contribution in [0.3, 0.4) is 0 Å². The second-order valence-electron chi connectivity index (χ2n) is 7.06. The number of benzene rings is 2. The van der Waals surface area contributed by atoms with Gasteiger partial charge in [0.25, 0.3) is 5.91 Å². The summed E-state index contributed by atoms with van der Waals surface area (Å²) < 4.78 is 0. The molecule has 0 aliphatic carbocycles. The number of hydrogen-bond acceptors (Lipinski definition) is 4. The van der Waals surface area contributed by atoms with Crippen molar-refractivity contribution in [2.75, 3.05) is 37.6 Å². The van der Waals surface area contributed by atoms with Crippen LogP contribution in [-0.4, -0.2) is 59.6 Å². The molecule has 1 fully saturated rings. The lowest BCUT2D eigenvalue weighted by atomic mass is 10.1. The number of hydrogen-bond donors (Lipinski definition) is 2. The molecule has 30 heavy (non-hydrogen) atoms. The Morgan fingerprint density at radius 2 is 1.80 bits per heavy atom. The van der Waals surface area contributed by atoms with Gasteiger partial charge in [0.05, 0.1) is 24.0 Å². The summed E-state index contributed by atoms with van der Waals surface area (Å²) in [5, 5.41) is 10.3. The smallest absolute Gasteiger partial charge is 0.255 e. The molecular weight excluding hydrogens is 402 g/mol. The highest BCUT2D eigenvalue weighted by molar-refractivity contribution is 6.30. The van der Waals surface area contributed by atoms with Gasteiger partial charge in [-0.2, -0.15) is 5.10 Å². The Hall–Kier alpha value is -3.32. The summed E-state index contributed by atoms with van der Waals surface area (Å²) >= 11 is 6.07. The van der Waals surface area contributed by atoms with E-state index in [9.17, 15) is 9.59 Å². The Labute approximate surface area is 179 Å². The summed E-state index contributed by atoms with van der Waals surface area (Å²) in [6, 6.07) is 17.2. The van der Waals surface area contributed by atoms with Crippen LogP contribution >= 0.6 is 11.6 Å². The molecule has 0 radical (unpaired) electrons. The maximum atomic E-state index is 12.6. The lowest BCUT2D eigenvalue weighted by Gasteiger charge is -2.36. The van der Waals surface area contributed by atoms with Gasteiger partial charge in [0.1, 0.15) is 0 Å². The average Bonchev–Trinajstić information content (AvgIpc) is 3.28. The van der Waals surface area contributed by atoms with E-state index in [0.29, 0.717) is 29.4 Å². The summed E-state index contributed by atoms with van der Waals surface area (Å²) in [5.74, 6) is -0.424. The number of anilines is 1. The number of H-pyrrole nitrogens is 1. The maximum absolute atomic E-state index is 12.6. The minimum absolute atomic E-state index is 0.0462. The molecule has 0 saturated carbocycles. The molecule has 154 valence electrons. The van der Waals surface area contributed by atoms with Crippen LogP contribution in [0.1, 0.15) is 10.4 Å². The Kier molecular flexibility index (Phi) is 5.99. The highest BCUT2D eigenvalue weighted by Crippen LogP contribution is 2.21. The first-order valence-corrected chi connectivity index (χ1v) is 10.1. The van der Waals surface area contributed by atoms with Crippen molar-refractivity contribution in [3.63, 3.8) is 0 Å². The quantitative estimate of drug-likeness (QED) is 0.661. The van der Waals surface area contributed by atoms with Gasteiger partial charge >= 0.3 is 0 Å². The van der Waals surface area contributed by atoms with Gasteiger partial charge in [-0.05, 0) is 18.2 Å². The molecule has 8 heteroatoms. The van der Waals surface area contributed by atoms with Crippen LogP contribution in [-0.2, 0) is 4.79 Å². The van der Waals surface area contributed by atoms with Gasteiger partial charge in [0.15, 0.2) is 0 Å². The van der Waals surface area contributed by atoms with Crippen LogP contribution < -0.4 is 10.2 Å². The minimum atomic E-state index is -0.325. The zero-order chi connectivity index (χ0) is 20.9. The molecule has 7 nitrogen and oxygen atoms in total. The highest BCUT2D eigenvalue weighted by atomic mass is 35.5. The van der Waals surface area contributed by atoms with Crippen LogP contribution in [0.15, 0.2) is 60.8 Å². The number of piperazine rings is 1. The molecule has 2 N–H and O–H groups in total. The first kappa shape index (κ1) is 20.0. The van der Waals surface area contributed by atoms with E-state index in [1.807, 2.05) is 54.6 Å². The van der Waals surface area contributed by atoms with Crippen LogP contribution in [0.5, 0.6) is 0 Å². The van der Waals surface area contributed by atoms with E-state index >= 15 is 0 Å². The van der Waals surface area contributed by atoms with Crippen molar-refractivity contribution >= 4 is 29.1 Å². The monoisotopic (exact) mass is 423 g/mol. The van der Waals surface area contributed by atoms with E-state index in [4.69, 9.17) is 11.6 Å². The van der Waals surface area contributed by atoms with Crippen LogP contribution in [0, 0.1) is 0 Å². The summed E-state index contributed by atoms with van der Waals surface area (Å²) in [7, 11) is 0. The summed E-state index contributed by atoms with van der Waals surface area (Å²) in [6.07, 6.45) is 1.48. The molecule has 0 unspecified atom stereocenters. The van der Waals surface area contributed by atoms with E-state index in [-0.39, 0.29) is 18.4 Å². The van der Waals surface area contributed by atoms with Gasteiger partial charge in [-0.25, -0.2) is 0 Å². The Morgan fingerprint density at radius 3 is 2.53 bits per heavy atom. The Morgan fingerprint density at radius 1 is 1.03 bits per heavy atom. The fourth-order valence-electron chi connectivity index (χ4n) is 3.53. The van der Waals surface area contributed by atoms with E-state index < -0.39 is 0 Å². The molecule has 2 aromatic carbocycles. The van der Waals surface area contributed by atoms with Gasteiger partial charge in [-0.3, -0.25) is 14.7 Å². The number of aromatic nitrogens is 2. The lowest BCUT2D eigenvalue weighted by molar-refractivity contribution is -0.130. The molecule has 1 aliphatic heterocycles. The number of aromatic amines is 1. The molecule has 0 spiro atoms. The molecule has 1 aromatic heterocycles. The number of amides is 2. The number of carbonyl (C=O) groups excluding carboxylic acids is 2. The predicted octanol–water partition coefficient (Wildman–Crippen LogP) is 2.81. The second-order valence-corrected chi connectivity index (χ2v) is 7.49. The fraction of sp³-hybridized carbons (Fsp3) is 0.227. The van der Waals surface area contributed by atoms with E-state index in [0.717, 1.165) is 24.3 Å². The van der Waals surface area contributed by atoms with Crippen LogP contribution in [0.2, 0.25) is 5.02 Å². The molecule has 2 amide bonds. The molecule has 1 aliphatic rings. The highest BCUT2D eigenvalue weighted by Gasteiger charge is 2.22. The average molecular weight is 424 g/mol. The van der Waals surface area contributed by atoms with Gasteiger partial charge in [-0.1, -0.05) is 48.0 Å². The SMILES string of the molecule is O=C(NCC(=O)N1CCN(c2cccc(Cl)c2)CC1)c1cn[nH]c1-c1ccccc1. The number of carbonyl (C=O) groups is 2. The van der Waals surface area contributed by atoms with Crippen molar-refractivity contribution in [2.45, 2.75) is 0 Å². The van der Waals surface area contributed by atoms with Crippen molar-refractivity contribution in [3.05, 3.63) is 71.4 Å². The van der Waals surface area contributed by atoms with Crippen molar-refractivity contribution in [2.24, 2.45) is 0 Å². The minimum Gasteiger partial charge on any atom is -0.368 e. The number of nitrogens with one attached hydrogen (secondary N) is 2. The second kappa shape index (κ2) is 9.00. The largest absolute Gasteiger partial charge is 0.368 e. The third-order valence-electron chi connectivity index (χ3n) is 5.15. The van der Waals surface area contributed by atoms with Gasteiger partial charge < -0.3 is 15.1 Å². The van der Waals surface area contributed by atoms with E-state index in [1.165, 1.54) is 6.20 Å². The van der Waals surface area contributed by atoms with Crippen molar-refractivity contribution in [1.82, 2.24) is 20.4 Å². The first-order chi connectivity index (χ1) is 14.6. The molecule has 0 atom stereocenters. The fourth-order valence-corrected chi connectivity index (χ4v) is 3.72. The Balaban J connectivity index is 1.31. The van der Waals surface area contributed by atoms with Crippen molar-refractivity contribution < 1.29 is 9.59 Å². The standard InChI is InChI=1S/C22H22ClN5O2/c23-17-7-4-8-18(13-17)27-9-11-28(12-10-27)20(29)15-24-22(30)19-14-25-26-21(19)16-5-2-1-3-6-16/h1-8,13-14H,9-12,15H2,(H,24,30)(H,25,26). The zero-order valence-corrected chi connectivity index (χ0v) is 17.1. The summed E-state index contributed by atoms with van der Waals surface area (Å²) in [6.45, 7) is 2.60. The van der Waals surface area contributed by atoms with Gasteiger partial charge in [0, 0.05) is 42.5 Å². The van der Waals surface area contributed by atoms with Crippen molar-refractivity contribution in [1.29, 1.82) is 0 Å². The van der Waals surface area contributed by atoms with Crippen LogP contribution in [0.25, 0.3) is 11.3 Å². The lowest BCUT2D eigenvalue weighted by Crippen LogP contribution is -2.51. The van der Waals surface area contributed by atoms with Gasteiger partial charge in [0.2, 0.25) is 5.91 Å². The van der Waals surface area contributed by atoms with E-state index in [2.05, 4.69) is 20.4 Å². The van der Waals surface area contributed by atoms with Gasteiger partial charge in [-0.15, -0.1) is 0 Å². The van der Waals surface area contributed by atoms with Crippen LogP contribution in [0.4, 0.5) is 5.69 Å². The zero-order valence-electron chi connectivity index (χ0n) is 16.3. The summed E-state index contributed by atoms with van der Waals surface area (Å²) in [4.78, 5) is 29.1. The molecule has 2 heterocycles. The molecule has 3 aromatic rings. The van der Waals surface area contributed by atoms with Crippen molar-refractivity contribution in [3.8, 4) is 11.3 Å². The third-order valence-corrected chi connectivity index (χ3v) is 5.39. The number of halogens is 1. The molecule has 1 saturated heterocycles. The molecule has 4 rings (SSSR count). The van der Waals surface area contributed by atoms with E-state index in [1.54, 1.807) is 4.90 Å². The first-order valence-electron chi connectivity index (χ1n) is 9.77. The normalized spacial score (nSPS) is 13.9. The predicted molar refractivity (Wildman–Crippen MR) is 117 cm³/mol. The molecule has 0 bridgehead atoms. The topological polar surface area (TPSA) is 81.3 Å². The Bertz CT molecular complexity index is 1030. The third kappa shape index (κ3) is 4.46. The number of rotatable bonds is 5. The number of nitrogens with zero attached hydrogens (tertiary/aromatic N) is 3.